The van der Waals surface area contributed by atoms with Crippen LogP contribution >= 0.6 is 11.8 Å². The summed E-state index contributed by atoms with van der Waals surface area (Å²) in [5, 5.41) is 7.65. The third kappa shape index (κ3) is 3.25. The summed E-state index contributed by atoms with van der Waals surface area (Å²) in [4.78, 5) is 12.4. The lowest BCUT2D eigenvalue weighted by Crippen LogP contribution is -2.13. The van der Waals surface area contributed by atoms with Crippen molar-refractivity contribution < 1.29 is 13.9 Å². The summed E-state index contributed by atoms with van der Waals surface area (Å²) < 4.78 is 12.2. The zero-order chi connectivity index (χ0) is 17.9. The lowest BCUT2D eigenvalue weighted by molar-refractivity contribution is -0.111. The Balaban J connectivity index is 1.63. The van der Waals surface area contributed by atoms with Crippen molar-refractivity contribution in [1.29, 1.82) is 0 Å². The average molecular weight is 367 g/mol. The van der Waals surface area contributed by atoms with Gasteiger partial charge >= 0.3 is 0 Å². The van der Waals surface area contributed by atoms with Crippen LogP contribution in [0.5, 0.6) is 5.75 Å². The van der Waals surface area contributed by atoms with Crippen LogP contribution in [-0.4, -0.2) is 22.8 Å². The second kappa shape index (κ2) is 7.13. The predicted molar refractivity (Wildman–Crippen MR) is 101 cm³/mol. The number of methoxy groups -OCH3 is 1. The molecule has 0 radical (unpaired) electrons. The fourth-order valence-corrected chi connectivity index (χ4v) is 3.79. The van der Waals surface area contributed by atoms with E-state index in [1.165, 1.54) is 6.08 Å². The predicted octanol–water partition coefficient (Wildman–Crippen LogP) is 3.87. The van der Waals surface area contributed by atoms with Crippen molar-refractivity contribution in [2.75, 3.05) is 12.4 Å². The number of amides is 1. The van der Waals surface area contributed by atoms with Crippen LogP contribution < -0.4 is 10.1 Å². The number of benzene rings is 1. The van der Waals surface area contributed by atoms with Crippen molar-refractivity contribution in [3.05, 3.63) is 65.8 Å². The highest BCUT2D eigenvalue weighted by Crippen LogP contribution is 2.36. The van der Waals surface area contributed by atoms with E-state index >= 15 is 0 Å². The molecule has 3 heterocycles. The molecule has 1 aromatic carbocycles. The Bertz CT molecular complexity index is 943. The Labute approximate surface area is 154 Å². The van der Waals surface area contributed by atoms with E-state index < -0.39 is 0 Å². The maximum Gasteiger partial charge on any atom is 0.249 e. The van der Waals surface area contributed by atoms with E-state index in [2.05, 4.69) is 10.4 Å². The Morgan fingerprint density at radius 1 is 1.31 bits per heavy atom. The van der Waals surface area contributed by atoms with Crippen molar-refractivity contribution in [3.8, 4) is 11.4 Å². The number of anilines is 1. The first kappa shape index (κ1) is 16.5. The highest BCUT2D eigenvalue weighted by atomic mass is 32.2. The van der Waals surface area contributed by atoms with Gasteiger partial charge in [0.15, 0.2) is 0 Å². The molecule has 1 N–H and O–H groups in total. The highest BCUT2D eigenvalue weighted by Gasteiger charge is 2.24. The average Bonchev–Trinajstić information content (AvgIpc) is 3.39. The monoisotopic (exact) mass is 367 g/mol. The van der Waals surface area contributed by atoms with Gasteiger partial charge in [0.25, 0.3) is 0 Å². The van der Waals surface area contributed by atoms with Gasteiger partial charge in [0.2, 0.25) is 5.91 Å². The molecule has 26 heavy (non-hydrogen) atoms. The Morgan fingerprint density at radius 2 is 2.15 bits per heavy atom. The highest BCUT2D eigenvalue weighted by molar-refractivity contribution is 7.98. The normalized spacial score (nSPS) is 13.1. The molecule has 0 saturated heterocycles. The quantitative estimate of drug-likeness (QED) is 0.693. The zero-order valence-corrected chi connectivity index (χ0v) is 15.0. The van der Waals surface area contributed by atoms with Gasteiger partial charge in [0.1, 0.15) is 17.3 Å². The van der Waals surface area contributed by atoms with E-state index in [-0.39, 0.29) is 5.91 Å². The molecule has 0 unspecified atom stereocenters. The lowest BCUT2D eigenvalue weighted by atomic mass is 10.2. The molecule has 2 aromatic heterocycles. The molecule has 1 amide bonds. The van der Waals surface area contributed by atoms with E-state index in [0.29, 0.717) is 11.6 Å². The molecule has 4 rings (SSSR count). The van der Waals surface area contributed by atoms with Crippen molar-refractivity contribution in [3.63, 3.8) is 0 Å². The Morgan fingerprint density at radius 3 is 2.88 bits per heavy atom. The summed E-state index contributed by atoms with van der Waals surface area (Å²) in [5.74, 6) is 3.58. The summed E-state index contributed by atoms with van der Waals surface area (Å²) in [5.41, 5.74) is 2.96. The second-order valence-electron chi connectivity index (χ2n) is 5.71. The van der Waals surface area contributed by atoms with Gasteiger partial charge in [-0.1, -0.05) is 0 Å². The summed E-state index contributed by atoms with van der Waals surface area (Å²) in [6.07, 6.45) is 4.66. The number of carbonyl (C=O) groups is 1. The van der Waals surface area contributed by atoms with E-state index in [1.807, 2.05) is 24.3 Å². The number of hydrogen-bond donors (Lipinski definition) is 1. The summed E-state index contributed by atoms with van der Waals surface area (Å²) >= 11 is 1.79. The molecular formula is C19H17N3O3S. The minimum absolute atomic E-state index is 0.226. The van der Waals surface area contributed by atoms with Crippen LogP contribution in [0.3, 0.4) is 0 Å². The zero-order valence-electron chi connectivity index (χ0n) is 14.1. The Kier molecular flexibility index (Phi) is 4.53. The van der Waals surface area contributed by atoms with Gasteiger partial charge in [-0.3, -0.25) is 4.79 Å². The Hall–Kier alpha value is -2.93. The molecule has 3 aromatic rings. The lowest BCUT2D eigenvalue weighted by Gasteiger charge is -2.10. The molecule has 1 aliphatic heterocycles. The first-order valence-electron chi connectivity index (χ1n) is 8.10. The fraction of sp³-hybridized carbons (Fsp3) is 0.158. The number of ether oxygens (including phenoxy) is 1. The fourth-order valence-electron chi connectivity index (χ4n) is 2.75. The molecule has 0 aliphatic carbocycles. The second-order valence-corrected chi connectivity index (χ2v) is 6.70. The third-order valence-corrected chi connectivity index (χ3v) is 5.02. The molecule has 1 aliphatic rings. The van der Waals surface area contributed by atoms with Crippen LogP contribution in [0, 0.1) is 0 Å². The first-order valence-corrected chi connectivity index (χ1v) is 9.25. The molecule has 0 fully saturated rings. The number of thioether (sulfide) groups is 1. The number of rotatable bonds is 5. The van der Waals surface area contributed by atoms with E-state index in [0.717, 1.165) is 34.2 Å². The minimum Gasteiger partial charge on any atom is -0.497 e. The van der Waals surface area contributed by atoms with E-state index in [4.69, 9.17) is 9.15 Å². The van der Waals surface area contributed by atoms with Crippen molar-refractivity contribution in [1.82, 2.24) is 9.78 Å². The van der Waals surface area contributed by atoms with Crippen LogP contribution in [0.4, 0.5) is 5.82 Å². The molecule has 0 bridgehead atoms. The minimum atomic E-state index is -0.226. The largest absolute Gasteiger partial charge is 0.497 e. The molecule has 6 nitrogen and oxygen atoms in total. The summed E-state index contributed by atoms with van der Waals surface area (Å²) in [6.45, 7) is 0. The topological polar surface area (TPSA) is 69.3 Å². The number of fused-ring (bicyclic) bond motifs is 1. The number of carbonyl (C=O) groups excluding carboxylic acids is 1. The molecule has 0 saturated carbocycles. The smallest absolute Gasteiger partial charge is 0.249 e. The molecule has 7 heteroatoms. The van der Waals surface area contributed by atoms with Crippen molar-refractivity contribution >= 4 is 29.6 Å². The maximum atomic E-state index is 12.4. The number of nitrogens with zero attached hydrogens (tertiary/aromatic N) is 2. The number of aromatic nitrogens is 2. The van der Waals surface area contributed by atoms with Crippen LogP contribution in [0.2, 0.25) is 0 Å². The van der Waals surface area contributed by atoms with Gasteiger partial charge in [0, 0.05) is 23.1 Å². The standard InChI is InChI=1S/C19H17N3O3S/c1-24-14-6-4-13(5-7-14)22-19(16-11-26-12-17(16)21-22)20-18(23)9-8-15-3-2-10-25-15/h2-10H,11-12H2,1H3,(H,20,23)/b9-8-. The number of nitrogens with one attached hydrogen (secondary N) is 1. The van der Waals surface area contributed by atoms with Gasteiger partial charge in [-0.25, -0.2) is 4.68 Å². The molecule has 0 spiro atoms. The van der Waals surface area contributed by atoms with Crippen LogP contribution in [0.1, 0.15) is 17.0 Å². The molecule has 132 valence electrons. The van der Waals surface area contributed by atoms with Gasteiger partial charge in [0.05, 0.1) is 24.8 Å². The van der Waals surface area contributed by atoms with Crippen LogP contribution in [0.15, 0.2) is 53.2 Å². The van der Waals surface area contributed by atoms with Crippen LogP contribution in [0.25, 0.3) is 11.8 Å². The maximum absolute atomic E-state index is 12.4. The van der Waals surface area contributed by atoms with Gasteiger partial charge in [-0.2, -0.15) is 16.9 Å². The third-order valence-electron chi connectivity index (χ3n) is 4.05. The van der Waals surface area contributed by atoms with Crippen LogP contribution in [-0.2, 0) is 16.3 Å². The van der Waals surface area contributed by atoms with E-state index in [9.17, 15) is 4.79 Å². The summed E-state index contributed by atoms with van der Waals surface area (Å²) in [6, 6.07) is 11.2. The van der Waals surface area contributed by atoms with Crippen molar-refractivity contribution in [2.24, 2.45) is 0 Å². The number of hydrogen-bond acceptors (Lipinski definition) is 5. The van der Waals surface area contributed by atoms with E-state index in [1.54, 1.807) is 48.0 Å². The van der Waals surface area contributed by atoms with Gasteiger partial charge in [-0.05, 0) is 42.5 Å². The van der Waals surface area contributed by atoms with Gasteiger partial charge in [-0.15, -0.1) is 0 Å². The summed E-state index contributed by atoms with van der Waals surface area (Å²) in [7, 11) is 1.63. The van der Waals surface area contributed by atoms with Crippen molar-refractivity contribution in [2.45, 2.75) is 11.5 Å². The SMILES string of the molecule is COc1ccc(-n2nc3c(c2NC(=O)/C=C\c2ccco2)CSC3)cc1. The molecule has 0 atom stereocenters. The number of furan rings is 1. The van der Waals surface area contributed by atoms with Gasteiger partial charge < -0.3 is 14.5 Å². The molecular weight excluding hydrogens is 350 g/mol. The first-order chi connectivity index (χ1) is 12.7.